The molecule has 0 radical (unpaired) electrons. The minimum atomic E-state index is 0.397. The van der Waals surface area contributed by atoms with Crippen LogP contribution in [-0.2, 0) is 9.47 Å². The highest BCUT2D eigenvalue weighted by Gasteiger charge is 2.17. The number of rotatable bonds is 4. The second-order valence-electron chi connectivity index (χ2n) is 5.61. The topological polar surface area (TPSA) is 21.7 Å². The largest absolute Gasteiger partial charge is 0.486 e. The number of fused-ring (bicyclic) bond motifs is 1. The van der Waals surface area contributed by atoms with Crippen LogP contribution < -0.4 is 0 Å². The normalized spacial score (nSPS) is 31.1. The molecule has 0 saturated carbocycles. The van der Waals surface area contributed by atoms with Crippen molar-refractivity contribution < 1.29 is 9.47 Å². The number of likely N-dealkylation sites (tertiary alicyclic amines) is 1. The Kier molecular flexibility index (Phi) is 4.62. The molecular weight excluding hydrogens is 250 g/mol. The van der Waals surface area contributed by atoms with Crippen molar-refractivity contribution in [3.63, 3.8) is 0 Å². The van der Waals surface area contributed by atoms with E-state index in [0.29, 0.717) is 19.1 Å². The summed E-state index contributed by atoms with van der Waals surface area (Å²) >= 11 is 0. The molecule has 3 heteroatoms. The van der Waals surface area contributed by atoms with E-state index in [2.05, 4.69) is 22.8 Å². The summed E-state index contributed by atoms with van der Waals surface area (Å²) in [5, 5.41) is 0. The number of nitrogens with zero attached hydrogens (tertiary/aromatic N) is 1. The van der Waals surface area contributed by atoms with Crippen LogP contribution in [0.15, 0.2) is 41.6 Å². The van der Waals surface area contributed by atoms with Crippen molar-refractivity contribution in [2.45, 2.75) is 25.7 Å². The van der Waals surface area contributed by atoms with Crippen LogP contribution in [0, 0.1) is 5.92 Å². The highest BCUT2D eigenvalue weighted by Crippen LogP contribution is 2.24. The molecule has 108 valence electrons. The van der Waals surface area contributed by atoms with E-state index in [-0.39, 0.29) is 0 Å². The highest BCUT2D eigenvalue weighted by molar-refractivity contribution is 5.29. The predicted molar refractivity (Wildman–Crippen MR) is 79.1 cm³/mol. The molecule has 2 fully saturated rings. The van der Waals surface area contributed by atoms with Crippen LogP contribution in [0.4, 0.5) is 0 Å². The van der Waals surface area contributed by atoms with Crippen LogP contribution >= 0.6 is 0 Å². The first-order valence-electron chi connectivity index (χ1n) is 7.75. The van der Waals surface area contributed by atoms with Crippen LogP contribution in [0.1, 0.15) is 25.7 Å². The Labute approximate surface area is 121 Å². The van der Waals surface area contributed by atoms with Gasteiger partial charge in [0.05, 0.1) is 0 Å². The molecular formula is C17H23NO2. The maximum absolute atomic E-state index is 5.72. The molecule has 3 rings (SSSR count). The van der Waals surface area contributed by atoms with Gasteiger partial charge in [0.15, 0.2) is 11.5 Å². The molecule has 1 aliphatic carbocycles. The van der Waals surface area contributed by atoms with Crippen LogP contribution in [-0.4, -0.2) is 37.7 Å². The van der Waals surface area contributed by atoms with Crippen molar-refractivity contribution in [2.75, 3.05) is 32.8 Å². The molecule has 0 N–H and O–H groups in total. The van der Waals surface area contributed by atoms with Gasteiger partial charge in [-0.3, -0.25) is 0 Å². The van der Waals surface area contributed by atoms with Gasteiger partial charge in [-0.15, -0.1) is 5.73 Å². The van der Waals surface area contributed by atoms with Gasteiger partial charge >= 0.3 is 0 Å². The summed E-state index contributed by atoms with van der Waals surface area (Å²) in [5.74, 6) is 2.15. The van der Waals surface area contributed by atoms with Crippen molar-refractivity contribution in [3.05, 3.63) is 41.6 Å². The Morgan fingerprint density at radius 2 is 1.95 bits per heavy atom. The van der Waals surface area contributed by atoms with Crippen molar-refractivity contribution in [3.8, 4) is 0 Å². The summed E-state index contributed by atoms with van der Waals surface area (Å²) in [6.45, 7) is 5.07. The Bertz CT molecular complexity index is 452. The second kappa shape index (κ2) is 6.83. The van der Waals surface area contributed by atoms with E-state index >= 15 is 0 Å². The molecule has 2 aliphatic heterocycles. The summed E-state index contributed by atoms with van der Waals surface area (Å²) in [6, 6.07) is 0. The van der Waals surface area contributed by atoms with Crippen molar-refractivity contribution in [2.24, 2.45) is 5.92 Å². The van der Waals surface area contributed by atoms with Crippen LogP contribution in [0.3, 0.4) is 0 Å². The van der Waals surface area contributed by atoms with E-state index in [4.69, 9.17) is 9.47 Å². The molecule has 20 heavy (non-hydrogen) atoms. The van der Waals surface area contributed by atoms with E-state index in [1.165, 1.54) is 38.9 Å². The first kappa shape index (κ1) is 13.5. The smallest absolute Gasteiger partial charge is 0.161 e. The summed E-state index contributed by atoms with van der Waals surface area (Å²) in [4.78, 5) is 2.57. The number of hydrogen-bond acceptors (Lipinski definition) is 3. The van der Waals surface area contributed by atoms with E-state index in [0.717, 1.165) is 17.9 Å². The molecule has 0 bridgehead atoms. The Morgan fingerprint density at radius 1 is 1.15 bits per heavy atom. The van der Waals surface area contributed by atoms with Crippen LogP contribution in [0.5, 0.6) is 0 Å². The standard InChI is InChI=1S/C17H23NO2/c1-2-8-16-17(20-13-12-19-16)14-15(6-1)7-5-11-18-9-3-4-10-18/h2,6,8,14-15H,3-5,7,9-13H2/b16-8+,17-14+. The zero-order valence-corrected chi connectivity index (χ0v) is 12.0. The molecule has 1 atom stereocenters. The molecule has 0 aromatic rings. The Balaban J connectivity index is 1.56. The number of allylic oxidation sites excluding steroid dienone is 3. The first-order valence-corrected chi connectivity index (χ1v) is 7.75. The van der Waals surface area contributed by atoms with E-state index in [1.807, 2.05) is 12.2 Å². The SMILES string of the molecule is C1=C/C=C2/OCCO/C2=C/C(CCCN2CCCC2)C=1. The minimum absolute atomic E-state index is 0.397. The van der Waals surface area contributed by atoms with Gasteiger partial charge in [-0.2, -0.15) is 0 Å². The molecule has 3 nitrogen and oxygen atoms in total. The molecule has 1 unspecified atom stereocenters. The summed E-state index contributed by atoms with van der Waals surface area (Å²) in [5.41, 5.74) is 3.23. The fourth-order valence-electron chi connectivity index (χ4n) is 2.97. The Hall–Kier alpha value is -1.44. The lowest BCUT2D eigenvalue weighted by Gasteiger charge is -2.22. The van der Waals surface area contributed by atoms with Gasteiger partial charge < -0.3 is 14.4 Å². The van der Waals surface area contributed by atoms with Crippen LogP contribution in [0.2, 0.25) is 0 Å². The van der Waals surface area contributed by atoms with E-state index in [9.17, 15) is 0 Å². The highest BCUT2D eigenvalue weighted by atomic mass is 16.6. The summed E-state index contributed by atoms with van der Waals surface area (Å²) < 4.78 is 11.3. The third-order valence-corrected chi connectivity index (χ3v) is 4.06. The molecule has 0 amide bonds. The monoisotopic (exact) mass is 273 g/mol. The van der Waals surface area contributed by atoms with Gasteiger partial charge in [-0.1, -0.05) is 0 Å². The zero-order valence-electron chi connectivity index (χ0n) is 12.0. The Morgan fingerprint density at radius 3 is 2.80 bits per heavy atom. The maximum atomic E-state index is 5.72. The molecule has 0 spiro atoms. The molecule has 2 saturated heterocycles. The van der Waals surface area contributed by atoms with E-state index in [1.54, 1.807) is 0 Å². The average molecular weight is 273 g/mol. The quantitative estimate of drug-likeness (QED) is 0.735. The number of ether oxygens (including phenoxy) is 2. The lowest BCUT2D eigenvalue weighted by molar-refractivity contribution is 0.0585. The lowest BCUT2D eigenvalue weighted by atomic mass is 10.0. The van der Waals surface area contributed by atoms with Gasteiger partial charge in [0.1, 0.15) is 13.2 Å². The predicted octanol–water partition coefficient (Wildman–Crippen LogP) is 3.02. The molecule has 2 heterocycles. The fourth-order valence-corrected chi connectivity index (χ4v) is 2.97. The molecule has 3 aliphatic rings. The zero-order chi connectivity index (χ0) is 13.6. The molecule has 0 aromatic heterocycles. The second-order valence-corrected chi connectivity index (χ2v) is 5.61. The summed E-state index contributed by atoms with van der Waals surface area (Å²) in [6.07, 6.45) is 13.3. The van der Waals surface area contributed by atoms with E-state index < -0.39 is 0 Å². The third-order valence-electron chi connectivity index (χ3n) is 4.06. The van der Waals surface area contributed by atoms with Crippen molar-refractivity contribution in [1.29, 1.82) is 0 Å². The van der Waals surface area contributed by atoms with Crippen molar-refractivity contribution in [1.82, 2.24) is 4.90 Å². The van der Waals surface area contributed by atoms with Gasteiger partial charge in [0.2, 0.25) is 0 Å². The van der Waals surface area contributed by atoms with Crippen molar-refractivity contribution >= 4 is 0 Å². The van der Waals surface area contributed by atoms with Gasteiger partial charge in [-0.05, 0) is 69.6 Å². The lowest BCUT2D eigenvalue weighted by Crippen LogP contribution is -2.21. The number of hydrogen-bond donors (Lipinski definition) is 0. The minimum Gasteiger partial charge on any atom is -0.486 e. The maximum Gasteiger partial charge on any atom is 0.161 e. The summed E-state index contributed by atoms with van der Waals surface area (Å²) in [7, 11) is 0. The molecule has 0 aromatic carbocycles. The fraction of sp³-hybridized carbons (Fsp3) is 0.588. The van der Waals surface area contributed by atoms with Gasteiger partial charge in [0, 0.05) is 5.92 Å². The average Bonchev–Trinajstić information content (AvgIpc) is 2.95. The van der Waals surface area contributed by atoms with Crippen LogP contribution in [0.25, 0.3) is 0 Å². The first-order chi connectivity index (χ1) is 9.92. The van der Waals surface area contributed by atoms with Gasteiger partial charge in [-0.25, -0.2) is 0 Å². The van der Waals surface area contributed by atoms with Gasteiger partial charge in [0.25, 0.3) is 0 Å². The third kappa shape index (κ3) is 3.56.